The molecule has 3 rings (SSSR count). The van der Waals surface area contributed by atoms with Gasteiger partial charge in [-0.25, -0.2) is 9.97 Å². The maximum absolute atomic E-state index is 12.0. The monoisotopic (exact) mass is 275 g/mol. The van der Waals surface area contributed by atoms with Crippen molar-refractivity contribution < 1.29 is 4.79 Å². The molecule has 0 aromatic carbocycles. The fraction of sp³-hybridized carbons (Fsp3) is 0.643. The van der Waals surface area contributed by atoms with Crippen LogP contribution in [0.2, 0.25) is 0 Å². The molecule has 0 radical (unpaired) electrons. The molecule has 1 aromatic rings. The Hall–Kier alpha value is -1.69. The molecule has 1 amide bonds. The number of aromatic nitrogens is 2. The van der Waals surface area contributed by atoms with Crippen LogP contribution in [-0.2, 0) is 0 Å². The lowest BCUT2D eigenvalue weighted by molar-refractivity contribution is 0.0949. The van der Waals surface area contributed by atoms with Crippen LogP contribution >= 0.6 is 0 Å². The van der Waals surface area contributed by atoms with E-state index in [-0.39, 0.29) is 5.91 Å². The average molecular weight is 275 g/mol. The quantitative estimate of drug-likeness (QED) is 0.867. The Kier molecular flexibility index (Phi) is 3.56. The molecule has 2 aliphatic rings. The summed E-state index contributed by atoms with van der Waals surface area (Å²) in [6, 6.07) is 0.360. The van der Waals surface area contributed by atoms with Gasteiger partial charge in [0.05, 0.1) is 11.3 Å². The molecule has 0 bridgehead atoms. The summed E-state index contributed by atoms with van der Waals surface area (Å²) in [7, 11) is 2.12. The van der Waals surface area contributed by atoms with E-state index in [1.54, 1.807) is 6.20 Å². The van der Waals surface area contributed by atoms with Crippen LogP contribution in [0.5, 0.6) is 0 Å². The first kappa shape index (κ1) is 13.3. The molecule has 6 nitrogen and oxygen atoms in total. The van der Waals surface area contributed by atoms with Gasteiger partial charge in [-0.2, -0.15) is 0 Å². The summed E-state index contributed by atoms with van der Waals surface area (Å²) >= 11 is 0. The summed E-state index contributed by atoms with van der Waals surface area (Å²) in [5.74, 6) is 0.688. The maximum Gasteiger partial charge on any atom is 0.254 e. The van der Waals surface area contributed by atoms with E-state index in [2.05, 4.69) is 32.1 Å². The molecule has 0 atom stereocenters. The van der Waals surface area contributed by atoms with Crippen LogP contribution in [0.3, 0.4) is 0 Å². The van der Waals surface area contributed by atoms with Crippen molar-refractivity contribution in [1.82, 2.24) is 20.2 Å². The van der Waals surface area contributed by atoms with Crippen molar-refractivity contribution in [1.29, 1.82) is 0 Å². The summed E-state index contributed by atoms with van der Waals surface area (Å²) in [6.07, 6.45) is 3.84. The largest absolute Gasteiger partial charge is 0.349 e. The minimum atomic E-state index is -0.0464. The number of hydrogen-bond acceptors (Lipinski definition) is 5. The van der Waals surface area contributed by atoms with Crippen molar-refractivity contribution in [3.8, 4) is 0 Å². The standard InChI is InChI=1S/C14H21N5O/c1-10-12(13(20)17-11-3-4-11)9-15-14(16-10)19-7-5-18(2)6-8-19/h9,11H,3-8H2,1-2H3,(H,17,20). The molecule has 1 aromatic heterocycles. The zero-order valence-electron chi connectivity index (χ0n) is 12.1. The number of nitrogens with one attached hydrogen (secondary N) is 1. The van der Waals surface area contributed by atoms with Crippen LogP contribution in [0.15, 0.2) is 6.20 Å². The van der Waals surface area contributed by atoms with E-state index in [4.69, 9.17) is 0 Å². The second kappa shape index (κ2) is 5.36. The molecule has 2 fully saturated rings. The number of carbonyl (C=O) groups is 1. The topological polar surface area (TPSA) is 61.4 Å². The fourth-order valence-corrected chi connectivity index (χ4v) is 2.33. The van der Waals surface area contributed by atoms with Crippen molar-refractivity contribution in [3.63, 3.8) is 0 Å². The Balaban J connectivity index is 1.71. The van der Waals surface area contributed by atoms with E-state index in [0.29, 0.717) is 11.6 Å². The van der Waals surface area contributed by atoms with Crippen molar-refractivity contribution >= 4 is 11.9 Å². The average Bonchev–Trinajstić information content (AvgIpc) is 3.23. The Bertz CT molecular complexity index is 506. The van der Waals surface area contributed by atoms with Gasteiger partial charge in [-0.15, -0.1) is 0 Å². The van der Waals surface area contributed by atoms with Crippen LogP contribution in [0, 0.1) is 6.92 Å². The van der Waals surface area contributed by atoms with Crippen LogP contribution in [0.25, 0.3) is 0 Å². The highest BCUT2D eigenvalue weighted by atomic mass is 16.1. The smallest absolute Gasteiger partial charge is 0.254 e. The van der Waals surface area contributed by atoms with Crippen LogP contribution in [0.4, 0.5) is 5.95 Å². The number of piperazine rings is 1. The third-order valence-corrected chi connectivity index (χ3v) is 3.91. The van der Waals surface area contributed by atoms with E-state index in [0.717, 1.165) is 50.7 Å². The summed E-state index contributed by atoms with van der Waals surface area (Å²) < 4.78 is 0. The Morgan fingerprint density at radius 3 is 2.60 bits per heavy atom. The third kappa shape index (κ3) is 2.90. The van der Waals surface area contributed by atoms with Gasteiger partial charge in [0, 0.05) is 38.4 Å². The second-order valence-electron chi connectivity index (χ2n) is 5.71. The molecule has 1 aliphatic heterocycles. The number of nitrogens with zero attached hydrogens (tertiary/aromatic N) is 4. The van der Waals surface area contributed by atoms with Crippen LogP contribution in [-0.4, -0.2) is 60.0 Å². The van der Waals surface area contributed by atoms with Crippen molar-refractivity contribution in [2.45, 2.75) is 25.8 Å². The number of aryl methyl sites for hydroxylation is 1. The number of rotatable bonds is 3. The number of hydrogen-bond donors (Lipinski definition) is 1. The summed E-state index contributed by atoms with van der Waals surface area (Å²) in [5, 5.41) is 2.98. The third-order valence-electron chi connectivity index (χ3n) is 3.91. The highest BCUT2D eigenvalue weighted by Crippen LogP contribution is 2.20. The van der Waals surface area contributed by atoms with Gasteiger partial charge in [-0.3, -0.25) is 4.79 Å². The Morgan fingerprint density at radius 1 is 1.30 bits per heavy atom. The van der Waals surface area contributed by atoms with E-state index >= 15 is 0 Å². The molecule has 6 heteroatoms. The number of anilines is 1. The van der Waals surface area contributed by atoms with Crippen molar-refractivity contribution in [2.24, 2.45) is 0 Å². The number of carbonyl (C=O) groups excluding carboxylic acids is 1. The highest BCUT2D eigenvalue weighted by molar-refractivity contribution is 5.95. The molecule has 20 heavy (non-hydrogen) atoms. The van der Waals surface area contributed by atoms with Crippen molar-refractivity contribution in [3.05, 3.63) is 17.5 Å². The van der Waals surface area contributed by atoms with Crippen LogP contribution < -0.4 is 10.2 Å². The van der Waals surface area contributed by atoms with Gasteiger partial charge in [-0.1, -0.05) is 0 Å². The first-order valence-corrected chi connectivity index (χ1v) is 7.21. The fourth-order valence-electron chi connectivity index (χ4n) is 2.33. The van der Waals surface area contributed by atoms with Gasteiger partial charge < -0.3 is 15.1 Å². The molecule has 1 saturated carbocycles. The van der Waals surface area contributed by atoms with Gasteiger partial charge >= 0.3 is 0 Å². The minimum Gasteiger partial charge on any atom is -0.349 e. The lowest BCUT2D eigenvalue weighted by Gasteiger charge is -2.32. The lowest BCUT2D eigenvalue weighted by atomic mass is 10.2. The zero-order valence-corrected chi connectivity index (χ0v) is 12.1. The van der Waals surface area contributed by atoms with Gasteiger partial charge in [-0.05, 0) is 26.8 Å². The van der Waals surface area contributed by atoms with E-state index in [1.807, 2.05) is 6.92 Å². The summed E-state index contributed by atoms with van der Waals surface area (Å²) in [4.78, 5) is 25.4. The number of likely N-dealkylation sites (N-methyl/N-ethyl adjacent to an activating group) is 1. The maximum atomic E-state index is 12.0. The number of amides is 1. The second-order valence-corrected chi connectivity index (χ2v) is 5.71. The van der Waals surface area contributed by atoms with E-state index in [9.17, 15) is 4.79 Å². The van der Waals surface area contributed by atoms with Gasteiger partial charge in [0.15, 0.2) is 0 Å². The van der Waals surface area contributed by atoms with Crippen molar-refractivity contribution in [2.75, 3.05) is 38.1 Å². The highest BCUT2D eigenvalue weighted by Gasteiger charge is 2.25. The van der Waals surface area contributed by atoms with Gasteiger partial charge in [0.1, 0.15) is 0 Å². The van der Waals surface area contributed by atoms with Gasteiger partial charge in [0.2, 0.25) is 5.95 Å². The Labute approximate surface area is 119 Å². The van der Waals surface area contributed by atoms with Crippen LogP contribution in [0.1, 0.15) is 28.9 Å². The Morgan fingerprint density at radius 2 is 2.00 bits per heavy atom. The summed E-state index contributed by atoms with van der Waals surface area (Å²) in [5.41, 5.74) is 1.35. The molecule has 1 aliphatic carbocycles. The molecule has 0 spiro atoms. The van der Waals surface area contributed by atoms with E-state index < -0.39 is 0 Å². The molecule has 1 N–H and O–H groups in total. The molecular weight excluding hydrogens is 254 g/mol. The zero-order chi connectivity index (χ0) is 14.1. The molecular formula is C14H21N5O. The predicted molar refractivity (Wildman–Crippen MR) is 77.0 cm³/mol. The molecule has 1 saturated heterocycles. The molecule has 2 heterocycles. The first-order valence-electron chi connectivity index (χ1n) is 7.21. The lowest BCUT2D eigenvalue weighted by Crippen LogP contribution is -2.45. The first-order chi connectivity index (χ1) is 9.63. The SMILES string of the molecule is Cc1nc(N2CCN(C)CC2)ncc1C(=O)NC1CC1. The predicted octanol–water partition coefficient (Wildman–Crippen LogP) is 0.429. The molecule has 0 unspecified atom stereocenters. The minimum absolute atomic E-state index is 0.0464. The normalized spacial score (nSPS) is 20.0. The van der Waals surface area contributed by atoms with E-state index in [1.165, 1.54) is 0 Å². The van der Waals surface area contributed by atoms with Gasteiger partial charge in [0.25, 0.3) is 5.91 Å². The summed E-state index contributed by atoms with van der Waals surface area (Å²) in [6.45, 7) is 5.79. The molecule has 108 valence electrons.